The van der Waals surface area contributed by atoms with E-state index in [2.05, 4.69) is 17.2 Å². The van der Waals surface area contributed by atoms with Gasteiger partial charge in [-0.3, -0.25) is 9.78 Å². The first kappa shape index (κ1) is 14.8. The maximum Gasteiger partial charge on any atom is 0.256 e. The molecule has 1 atom stereocenters. The third-order valence-corrected chi connectivity index (χ3v) is 3.62. The fourth-order valence-corrected chi connectivity index (χ4v) is 2.47. The average Bonchev–Trinajstić information content (AvgIpc) is 2.52. The van der Waals surface area contributed by atoms with Crippen molar-refractivity contribution in [2.24, 2.45) is 0 Å². The van der Waals surface area contributed by atoms with Gasteiger partial charge in [-0.25, -0.2) is 0 Å². The first-order valence-corrected chi connectivity index (χ1v) is 7.26. The predicted molar refractivity (Wildman–Crippen MR) is 79.0 cm³/mol. The molecule has 0 bridgehead atoms. The number of carbonyl (C=O) groups excluding carboxylic acids is 1. The number of likely N-dealkylation sites (tertiary alicyclic amines) is 1. The molecule has 1 aromatic rings. The van der Waals surface area contributed by atoms with Crippen LogP contribution in [0.1, 0.15) is 36.5 Å². The summed E-state index contributed by atoms with van der Waals surface area (Å²) in [6.45, 7) is 4.41. The van der Waals surface area contributed by atoms with E-state index in [1.807, 2.05) is 4.90 Å². The van der Waals surface area contributed by atoms with Crippen molar-refractivity contribution >= 4 is 11.6 Å². The molecule has 110 valence electrons. The Hall–Kier alpha value is -1.62. The summed E-state index contributed by atoms with van der Waals surface area (Å²) in [5, 5.41) is 3.27. The number of nitrogens with zero attached hydrogens (tertiary/aromatic N) is 2. The third kappa shape index (κ3) is 3.48. The normalized spacial score (nSPS) is 18.9. The van der Waals surface area contributed by atoms with Crippen molar-refractivity contribution in [1.82, 2.24) is 9.88 Å². The van der Waals surface area contributed by atoms with Gasteiger partial charge in [-0.2, -0.15) is 0 Å². The highest BCUT2D eigenvalue weighted by molar-refractivity contribution is 5.99. The Morgan fingerprint density at radius 1 is 1.60 bits per heavy atom. The maximum atomic E-state index is 12.6. The molecule has 0 radical (unpaired) electrons. The van der Waals surface area contributed by atoms with Crippen LogP contribution in [0.2, 0.25) is 0 Å². The van der Waals surface area contributed by atoms with Crippen molar-refractivity contribution in [2.45, 2.75) is 32.3 Å². The van der Waals surface area contributed by atoms with E-state index >= 15 is 0 Å². The highest BCUT2D eigenvalue weighted by Gasteiger charge is 2.25. The Labute approximate surface area is 120 Å². The summed E-state index contributed by atoms with van der Waals surface area (Å²) in [6.07, 6.45) is 6.58. The SMILES string of the molecule is CCCNc1cnccc1C(=O)N1CCCC(OC)C1. The molecule has 1 amide bonds. The number of hydrogen-bond acceptors (Lipinski definition) is 4. The fraction of sp³-hybridized carbons (Fsp3) is 0.600. The molecule has 1 unspecified atom stereocenters. The lowest BCUT2D eigenvalue weighted by Crippen LogP contribution is -2.43. The van der Waals surface area contributed by atoms with E-state index in [4.69, 9.17) is 4.74 Å². The highest BCUT2D eigenvalue weighted by atomic mass is 16.5. The molecule has 1 aromatic heterocycles. The van der Waals surface area contributed by atoms with E-state index in [0.29, 0.717) is 12.1 Å². The van der Waals surface area contributed by atoms with E-state index in [-0.39, 0.29) is 12.0 Å². The quantitative estimate of drug-likeness (QED) is 0.896. The van der Waals surface area contributed by atoms with Crippen molar-refractivity contribution < 1.29 is 9.53 Å². The number of nitrogens with one attached hydrogen (secondary N) is 1. The predicted octanol–water partition coefficient (Wildman–Crippen LogP) is 2.15. The van der Waals surface area contributed by atoms with Gasteiger partial charge in [-0.1, -0.05) is 6.92 Å². The first-order valence-electron chi connectivity index (χ1n) is 7.26. The van der Waals surface area contributed by atoms with Crippen LogP contribution in [0, 0.1) is 0 Å². The molecule has 1 aliphatic heterocycles. The number of ether oxygens (including phenoxy) is 1. The number of carbonyl (C=O) groups is 1. The van der Waals surface area contributed by atoms with Gasteiger partial charge in [0.25, 0.3) is 5.91 Å². The van der Waals surface area contributed by atoms with Crippen LogP contribution in [0.5, 0.6) is 0 Å². The van der Waals surface area contributed by atoms with E-state index in [9.17, 15) is 4.79 Å². The Morgan fingerprint density at radius 2 is 2.45 bits per heavy atom. The molecule has 1 fully saturated rings. The number of aromatic nitrogens is 1. The number of hydrogen-bond donors (Lipinski definition) is 1. The van der Waals surface area contributed by atoms with Crippen molar-refractivity contribution in [2.75, 3.05) is 32.1 Å². The summed E-state index contributed by atoms with van der Waals surface area (Å²) in [4.78, 5) is 18.6. The molecule has 2 rings (SSSR count). The summed E-state index contributed by atoms with van der Waals surface area (Å²) < 4.78 is 5.38. The lowest BCUT2D eigenvalue weighted by Gasteiger charge is -2.32. The summed E-state index contributed by atoms with van der Waals surface area (Å²) in [6, 6.07) is 1.79. The summed E-state index contributed by atoms with van der Waals surface area (Å²) >= 11 is 0. The molecule has 20 heavy (non-hydrogen) atoms. The van der Waals surface area contributed by atoms with Gasteiger partial charge in [0.05, 0.1) is 23.6 Å². The van der Waals surface area contributed by atoms with Gasteiger partial charge in [-0.05, 0) is 25.3 Å². The second-order valence-corrected chi connectivity index (χ2v) is 5.10. The second kappa shape index (κ2) is 7.24. The van der Waals surface area contributed by atoms with E-state index in [0.717, 1.165) is 38.0 Å². The maximum absolute atomic E-state index is 12.6. The molecule has 1 aliphatic rings. The smallest absolute Gasteiger partial charge is 0.256 e. The topological polar surface area (TPSA) is 54.5 Å². The number of rotatable bonds is 5. The van der Waals surface area contributed by atoms with Gasteiger partial charge in [0, 0.05) is 32.9 Å². The molecule has 5 nitrogen and oxygen atoms in total. The monoisotopic (exact) mass is 277 g/mol. The van der Waals surface area contributed by atoms with Crippen molar-refractivity contribution in [3.63, 3.8) is 0 Å². The van der Waals surface area contributed by atoms with Gasteiger partial charge >= 0.3 is 0 Å². The van der Waals surface area contributed by atoms with Gasteiger partial charge < -0.3 is 15.0 Å². The van der Waals surface area contributed by atoms with Crippen LogP contribution in [0.4, 0.5) is 5.69 Å². The van der Waals surface area contributed by atoms with E-state index in [1.54, 1.807) is 25.6 Å². The van der Waals surface area contributed by atoms with Crippen LogP contribution in [0.3, 0.4) is 0 Å². The summed E-state index contributed by atoms with van der Waals surface area (Å²) in [7, 11) is 1.71. The third-order valence-electron chi connectivity index (χ3n) is 3.62. The van der Waals surface area contributed by atoms with Crippen molar-refractivity contribution in [3.05, 3.63) is 24.0 Å². The molecule has 0 spiro atoms. The number of pyridine rings is 1. The average molecular weight is 277 g/mol. The molecule has 2 heterocycles. The lowest BCUT2D eigenvalue weighted by molar-refractivity contribution is 0.0269. The standard InChI is InChI=1S/C15H23N3O2/c1-3-7-17-14-10-16-8-6-13(14)15(19)18-9-4-5-12(11-18)20-2/h6,8,10,12,17H,3-5,7,9,11H2,1-2H3. The molecule has 1 N–H and O–H groups in total. The zero-order valence-corrected chi connectivity index (χ0v) is 12.3. The van der Waals surface area contributed by atoms with Gasteiger partial charge in [-0.15, -0.1) is 0 Å². The Bertz CT molecular complexity index is 450. The van der Waals surface area contributed by atoms with Crippen LogP contribution in [0.25, 0.3) is 0 Å². The van der Waals surface area contributed by atoms with E-state index in [1.165, 1.54) is 0 Å². The second-order valence-electron chi connectivity index (χ2n) is 5.10. The zero-order valence-electron chi connectivity index (χ0n) is 12.3. The molecule has 0 aromatic carbocycles. The summed E-state index contributed by atoms with van der Waals surface area (Å²) in [5.41, 5.74) is 1.52. The van der Waals surface area contributed by atoms with E-state index < -0.39 is 0 Å². The first-order chi connectivity index (χ1) is 9.76. The highest BCUT2D eigenvalue weighted by Crippen LogP contribution is 2.20. The Balaban J connectivity index is 2.11. The molecule has 0 aliphatic carbocycles. The van der Waals surface area contributed by atoms with Crippen LogP contribution >= 0.6 is 0 Å². The minimum Gasteiger partial charge on any atom is -0.383 e. The van der Waals surface area contributed by atoms with Crippen LogP contribution in [-0.4, -0.2) is 48.6 Å². The molecule has 5 heteroatoms. The van der Waals surface area contributed by atoms with Gasteiger partial charge in [0.1, 0.15) is 0 Å². The molecular formula is C15H23N3O2. The van der Waals surface area contributed by atoms with Crippen LogP contribution < -0.4 is 5.32 Å². The minimum atomic E-state index is 0.0627. The van der Waals surface area contributed by atoms with Crippen LogP contribution in [0.15, 0.2) is 18.5 Å². The van der Waals surface area contributed by atoms with Gasteiger partial charge in [0.15, 0.2) is 0 Å². The van der Waals surface area contributed by atoms with Gasteiger partial charge in [0.2, 0.25) is 0 Å². The zero-order chi connectivity index (χ0) is 14.4. The Kier molecular flexibility index (Phi) is 5.35. The Morgan fingerprint density at radius 3 is 3.20 bits per heavy atom. The molecule has 0 saturated carbocycles. The minimum absolute atomic E-state index is 0.0627. The number of methoxy groups -OCH3 is 1. The van der Waals surface area contributed by atoms with Crippen molar-refractivity contribution in [1.29, 1.82) is 0 Å². The van der Waals surface area contributed by atoms with Crippen LogP contribution in [-0.2, 0) is 4.74 Å². The fourth-order valence-electron chi connectivity index (χ4n) is 2.47. The number of amides is 1. The molecule has 1 saturated heterocycles. The lowest BCUT2D eigenvalue weighted by atomic mass is 10.1. The van der Waals surface area contributed by atoms with Crippen molar-refractivity contribution in [3.8, 4) is 0 Å². The number of piperidine rings is 1. The molecular weight excluding hydrogens is 254 g/mol. The largest absolute Gasteiger partial charge is 0.383 e. The summed E-state index contributed by atoms with van der Waals surface area (Å²) in [5.74, 6) is 0.0627. The number of anilines is 1.